The van der Waals surface area contributed by atoms with E-state index in [9.17, 15) is 4.79 Å². The van der Waals surface area contributed by atoms with E-state index < -0.39 is 5.54 Å². The van der Waals surface area contributed by atoms with Gasteiger partial charge in [-0.3, -0.25) is 4.79 Å². The Morgan fingerprint density at radius 1 is 1.50 bits per heavy atom. The number of hydrogen-bond acceptors (Lipinski definition) is 2. The molecule has 0 aromatic carbocycles. The first-order chi connectivity index (χ1) is 6.21. The van der Waals surface area contributed by atoms with Crippen molar-refractivity contribution in [3.63, 3.8) is 0 Å². The number of rotatable bonds is 2. The van der Waals surface area contributed by atoms with Gasteiger partial charge in [0.1, 0.15) is 0 Å². The molecule has 1 rings (SSSR count). The van der Waals surface area contributed by atoms with Gasteiger partial charge < -0.3 is 11.1 Å². The van der Waals surface area contributed by atoms with Crippen LogP contribution < -0.4 is 11.1 Å². The van der Waals surface area contributed by atoms with Crippen LogP contribution in [0.5, 0.6) is 0 Å². The third kappa shape index (κ3) is 2.98. The lowest BCUT2D eigenvalue weighted by atomic mass is 9.91. The highest BCUT2D eigenvalue weighted by molar-refractivity contribution is 5.85. The highest BCUT2D eigenvalue weighted by Gasteiger charge is 2.33. The van der Waals surface area contributed by atoms with Crippen LogP contribution in [0.3, 0.4) is 0 Å². The second kappa shape index (κ2) is 3.54. The van der Waals surface area contributed by atoms with Gasteiger partial charge in [-0.1, -0.05) is 13.8 Å². The van der Waals surface area contributed by atoms with Crippen LogP contribution in [0.15, 0.2) is 0 Å². The fourth-order valence-electron chi connectivity index (χ4n) is 1.93. The number of carbonyl (C=O) groups is 1. The molecule has 1 fully saturated rings. The number of amides is 1. The zero-order valence-corrected chi connectivity index (χ0v) is 9.68. The lowest BCUT2D eigenvalue weighted by molar-refractivity contribution is -0.125. The van der Waals surface area contributed by atoms with Gasteiger partial charge in [0.05, 0.1) is 5.54 Å². The van der Waals surface area contributed by atoms with Crippen molar-refractivity contribution in [1.82, 2.24) is 5.32 Å². The Hall–Kier alpha value is -0.570. The van der Waals surface area contributed by atoms with Gasteiger partial charge in [0.2, 0.25) is 5.91 Å². The van der Waals surface area contributed by atoms with Crippen LogP contribution >= 0.6 is 0 Å². The maximum Gasteiger partial charge on any atom is 0.239 e. The van der Waals surface area contributed by atoms with Crippen LogP contribution in [0.2, 0.25) is 0 Å². The van der Waals surface area contributed by atoms with E-state index in [-0.39, 0.29) is 5.91 Å². The highest BCUT2D eigenvalue weighted by Crippen LogP contribution is 2.36. The number of carbonyl (C=O) groups excluding carboxylic acids is 1. The molecule has 1 atom stereocenters. The summed E-state index contributed by atoms with van der Waals surface area (Å²) in [6.45, 7) is 7.96. The van der Waals surface area contributed by atoms with Crippen molar-refractivity contribution < 1.29 is 4.79 Å². The summed E-state index contributed by atoms with van der Waals surface area (Å²) >= 11 is 0. The van der Waals surface area contributed by atoms with E-state index >= 15 is 0 Å². The van der Waals surface area contributed by atoms with Gasteiger partial charge in [-0.2, -0.15) is 0 Å². The fraction of sp³-hybridized carbons (Fsp3) is 0.909. The first-order valence-corrected chi connectivity index (χ1v) is 5.31. The molecule has 1 unspecified atom stereocenters. The molecule has 0 aromatic heterocycles. The van der Waals surface area contributed by atoms with Crippen molar-refractivity contribution in [2.45, 2.75) is 58.5 Å². The van der Waals surface area contributed by atoms with Gasteiger partial charge in [-0.05, 0) is 38.5 Å². The second-order valence-electron chi connectivity index (χ2n) is 5.80. The van der Waals surface area contributed by atoms with Crippen molar-refractivity contribution in [2.24, 2.45) is 11.1 Å². The largest absolute Gasteiger partial charge is 0.352 e. The minimum absolute atomic E-state index is 0.0415. The Morgan fingerprint density at radius 3 is 2.43 bits per heavy atom. The minimum atomic E-state index is -0.757. The van der Waals surface area contributed by atoms with Gasteiger partial charge >= 0.3 is 0 Å². The summed E-state index contributed by atoms with van der Waals surface area (Å²) in [4.78, 5) is 11.6. The van der Waals surface area contributed by atoms with E-state index in [0.29, 0.717) is 11.5 Å². The molecule has 82 valence electrons. The van der Waals surface area contributed by atoms with Crippen LogP contribution in [0.25, 0.3) is 0 Å². The van der Waals surface area contributed by atoms with Gasteiger partial charge in [0.25, 0.3) is 0 Å². The minimum Gasteiger partial charge on any atom is -0.352 e. The predicted octanol–water partition coefficient (Wildman–Crippen LogP) is 1.42. The van der Waals surface area contributed by atoms with Crippen molar-refractivity contribution in [2.75, 3.05) is 0 Å². The van der Waals surface area contributed by atoms with Crippen LogP contribution in [0.1, 0.15) is 47.0 Å². The smallest absolute Gasteiger partial charge is 0.239 e. The third-order valence-corrected chi connectivity index (χ3v) is 2.89. The van der Waals surface area contributed by atoms with Gasteiger partial charge in [-0.25, -0.2) is 0 Å². The average molecular weight is 198 g/mol. The molecule has 1 amide bonds. The maximum atomic E-state index is 11.6. The summed E-state index contributed by atoms with van der Waals surface area (Å²) in [6.07, 6.45) is 3.33. The van der Waals surface area contributed by atoms with Gasteiger partial charge in [0, 0.05) is 6.04 Å². The molecular formula is C11H22N2O. The lowest BCUT2D eigenvalue weighted by Crippen LogP contribution is -2.51. The molecule has 0 aromatic rings. The Morgan fingerprint density at radius 2 is 2.07 bits per heavy atom. The monoisotopic (exact) mass is 198 g/mol. The molecule has 0 bridgehead atoms. The highest BCUT2D eigenvalue weighted by atomic mass is 16.2. The number of hydrogen-bond donors (Lipinski definition) is 2. The zero-order chi connectivity index (χ0) is 11.0. The van der Waals surface area contributed by atoms with Crippen molar-refractivity contribution in [1.29, 1.82) is 0 Å². The zero-order valence-electron chi connectivity index (χ0n) is 9.68. The summed E-state index contributed by atoms with van der Waals surface area (Å²) in [6, 6.07) is 0.320. The third-order valence-electron chi connectivity index (χ3n) is 2.89. The van der Waals surface area contributed by atoms with E-state index in [1.54, 1.807) is 13.8 Å². The van der Waals surface area contributed by atoms with Crippen LogP contribution in [0, 0.1) is 5.41 Å². The van der Waals surface area contributed by atoms with E-state index in [1.807, 2.05) is 0 Å². The van der Waals surface area contributed by atoms with Crippen molar-refractivity contribution >= 4 is 5.91 Å². The van der Waals surface area contributed by atoms with Crippen LogP contribution in [-0.4, -0.2) is 17.5 Å². The summed E-state index contributed by atoms with van der Waals surface area (Å²) in [5.74, 6) is -0.0415. The number of nitrogens with two attached hydrogens (primary N) is 1. The molecule has 3 heteroatoms. The van der Waals surface area contributed by atoms with Crippen molar-refractivity contribution in [3.8, 4) is 0 Å². The molecule has 0 heterocycles. The Bertz CT molecular complexity index is 228. The SMILES string of the molecule is CC1(C)CCC(NC(=O)C(C)(C)N)C1. The Kier molecular flexibility index (Phi) is 2.91. The molecule has 14 heavy (non-hydrogen) atoms. The standard InChI is InChI=1S/C11H22N2O/c1-10(2)6-5-8(7-10)13-9(14)11(3,4)12/h8H,5-7,12H2,1-4H3,(H,13,14). The maximum absolute atomic E-state index is 11.6. The topological polar surface area (TPSA) is 55.1 Å². The molecule has 1 aliphatic rings. The van der Waals surface area contributed by atoms with E-state index in [0.717, 1.165) is 12.8 Å². The Labute approximate surface area is 86.4 Å². The lowest BCUT2D eigenvalue weighted by Gasteiger charge is -2.22. The van der Waals surface area contributed by atoms with E-state index in [1.165, 1.54) is 6.42 Å². The molecular weight excluding hydrogens is 176 g/mol. The first kappa shape index (κ1) is 11.5. The quantitative estimate of drug-likeness (QED) is 0.705. The van der Waals surface area contributed by atoms with Gasteiger partial charge in [0.15, 0.2) is 0 Å². The van der Waals surface area contributed by atoms with Crippen LogP contribution in [-0.2, 0) is 4.79 Å². The normalized spacial score (nSPS) is 26.2. The molecule has 0 radical (unpaired) electrons. The summed E-state index contributed by atoms with van der Waals surface area (Å²) in [7, 11) is 0. The Balaban J connectivity index is 2.44. The molecule has 3 N–H and O–H groups in total. The van der Waals surface area contributed by atoms with Crippen molar-refractivity contribution in [3.05, 3.63) is 0 Å². The summed E-state index contributed by atoms with van der Waals surface area (Å²) in [5.41, 5.74) is 5.33. The molecule has 1 aliphatic carbocycles. The van der Waals surface area contributed by atoms with Gasteiger partial charge in [-0.15, -0.1) is 0 Å². The van der Waals surface area contributed by atoms with E-state index in [4.69, 9.17) is 5.73 Å². The van der Waals surface area contributed by atoms with E-state index in [2.05, 4.69) is 19.2 Å². The summed E-state index contributed by atoms with van der Waals surface area (Å²) in [5, 5.41) is 3.01. The summed E-state index contributed by atoms with van der Waals surface area (Å²) < 4.78 is 0. The number of nitrogens with one attached hydrogen (secondary N) is 1. The fourth-order valence-corrected chi connectivity index (χ4v) is 1.93. The molecule has 0 aliphatic heterocycles. The second-order valence-corrected chi connectivity index (χ2v) is 5.80. The average Bonchev–Trinajstić information content (AvgIpc) is 2.28. The molecule has 3 nitrogen and oxygen atoms in total. The predicted molar refractivity (Wildman–Crippen MR) is 57.8 cm³/mol. The first-order valence-electron chi connectivity index (χ1n) is 5.31. The molecule has 1 saturated carbocycles. The van der Waals surface area contributed by atoms with Crippen LogP contribution in [0.4, 0.5) is 0 Å². The molecule has 0 saturated heterocycles. The molecule has 0 spiro atoms.